The Kier molecular flexibility index (Phi) is 11.0. The van der Waals surface area contributed by atoms with Crippen LogP contribution in [0.25, 0.3) is 0 Å². The van der Waals surface area contributed by atoms with Gasteiger partial charge in [-0.1, -0.05) is 66.7 Å². The number of phosphoric ester groups is 1. The quantitative estimate of drug-likeness (QED) is 0.111. The second-order valence-corrected chi connectivity index (χ2v) is 12.2. The van der Waals surface area contributed by atoms with E-state index in [2.05, 4.69) is 0 Å². The third kappa shape index (κ3) is 7.84. The van der Waals surface area contributed by atoms with Gasteiger partial charge < -0.3 is 34.7 Å². The summed E-state index contributed by atoms with van der Waals surface area (Å²) in [7, 11) is -1.21. The van der Waals surface area contributed by atoms with Gasteiger partial charge in [-0.05, 0) is 60.5 Å². The van der Waals surface area contributed by atoms with Crippen LogP contribution in [0.2, 0.25) is 0 Å². The maximum Gasteiger partial charge on any atom is 0.472 e. The first-order valence-electron chi connectivity index (χ1n) is 13.8. The summed E-state index contributed by atoms with van der Waals surface area (Å²) < 4.78 is 47.9. The molecule has 0 aromatic heterocycles. The molecule has 1 saturated heterocycles. The van der Waals surface area contributed by atoms with Crippen LogP contribution in [0, 0.1) is 0 Å². The van der Waals surface area contributed by atoms with Crippen LogP contribution in [0.1, 0.15) is 36.1 Å². The Morgan fingerprint density at radius 3 is 2.14 bits per heavy atom. The van der Waals surface area contributed by atoms with E-state index in [4.69, 9.17) is 45.9 Å². The number of rotatable bonds is 13. The Balaban J connectivity index is 1.80. The van der Waals surface area contributed by atoms with E-state index in [1.807, 2.05) is 78.9 Å². The number of benzene rings is 3. The van der Waals surface area contributed by atoms with Gasteiger partial charge in [-0.2, -0.15) is 0 Å². The molecule has 0 saturated carbocycles. The number of aliphatic hydroxyl groups excluding tert-OH is 1. The average Bonchev–Trinajstić information content (AvgIpc) is 3.26. The van der Waals surface area contributed by atoms with Gasteiger partial charge in [-0.3, -0.25) is 9.05 Å². The molecule has 10 nitrogen and oxygen atoms in total. The number of thiocarbonyl (C=S) groups is 1. The third-order valence-electron chi connectivity index (χ3n) is 7.08. The summed E-state index contributed by atoms with van der Waals surface area (Å²) in [4.78, 5) is 10.5. The summed E-state index contributed by atoms with van der Waals surface area (Å²) in [6, 6.07) is 24.0. The lowest BCUT2D eigenvalue weighted by Crippen LogP contribution is -2.43. The van der Waals surface area contributed by atoms with Crippen molar-refractivity contribution in [3.05, 3.63) is 101 Å². The summed E-state index contributed by atoms with van der Waals surface area (Å²) in [5, 5.41) is 9.44. The molecule has 0 bridgehead atoms. The van der Waals surface area contributed by atoms with Crippen LogP contribution in [0.5, 0.6) is 5.75 Å². The number of hydrogen-bond donors (Lipinski definition) is 3. The summed E-state index contributed by atoms with van der Waals surface area (Å²) in [6.45, 7) is 3.03. The fourth-order valence-electron chi connectivity index (χ4n) is 5.21. The molecule has 0 amide bonds. The molecule has 230 valence electrons. The van der Waals surface area contributed by atoms with E-state index in [9.17, 15) is 14.6 Å². The van der Waals surface area contributed by atoms with Crippen LogP contribution in [0.4, 0.5) is 0 Å². The second kappa shape index (κ2) is 14.3. The second-order valence-electron chi connectivity index (χ2n) is 10.4. The van der Waals surface area contributed by atoms with E-state index in [0.29, 0.717) is 5.75 Å². The van der Waals surface area contributed by atoms with Crippen LogP contribution in [-0.4, -0.2) is 67.2 Å². The monoisotopic (exact) mass is 629 g/mol. The van der Waals surface area contributed by atoms with Gasteiger partial charge >= 0.3 is 7.82 Å². The third-order valence-corrected chi connectivity index (χ3v) is 8.37. The highest BCUT2D eigenvalue weighted by Gasteiger charge is 2.50. The van der Waals surface area contributed by atoms with Crippen LogP contribution in [0.3, 0.4) is 0 Å². The standard InChI is InChI=1S/C30H37BNO9PS/c1-19(2)40-42(34,35)41-26-25(38-28(31)27(26)39-29(32)43)18-37-30(21-7-5-4-6-8-21,22-11-9-20(17-33)10-12-22)23-13-15-24(36-3)16-14-23/h4-16,19,25-28,33H,17-18,31H2,1-3H3,(H2,32,43)(H,34,35)/t25-,26?,27+,28-,30?/m1/s1. The van der Waals surface area contributed by atoms with Crippen LogP contribution in [0.15, 0.2) is 78.9 Å². The fourth-order valence-corrected chi connectivity index (χ4v) is 6.47. The van der Waals surface area contributed by atoms with Crippen molar-refractivity contribution in [1.82, 2.24) is 0 Å². The number of aliphatic hydroxyl groups is 1. The Labute approximate surface area is 258 Å². The molecule has 3 unspecified atom stereocenters. The van der Waals surface area contributed by atoms with Crippen LogP contribution >= 0.6 is 20.0 Å². The predicted molar refractivity (Wildman–Crippen MR) is 167 cm³/mol. The van der Waals surface area contributed by atoms with Crippen molar-refractivity contribution in [3.63, 3.8) is 0 Å². The molecule has 1 aliphatic rings. The lowest BCUT2D eigenvalue weighted by Gasteiger charge is -2.37. The molecule has 13 heteroatoms. The average molecular weight is 629 g/mol. The smallest absolute Gasteiger partial charge is 0.472 e. The van der Waals surface area contributed by atoms with Crippen molar-refractivity contribution in [2.75, 3.05) is 13.7 Å². The Morgan fingerprint density at radius 2 is 1.60 bits per heavy atom. The lowest BCUT2D eigenvalue weighted by molar-refractivity contribution is -0.0753. The first kappa shape index (κ1) is 33.1. The zero-order valence-electron chi connectivity index (χ0n) is 24.5. The van der Waals surface area contributed by atoms with Gasteiger partial charge in [0.15, 0.2) is 0 Å². The maximum atomic E-state index is 12.9. The lowest BCUT2D eigenvalue weighted by atomic mass is 9.79. The number of methoxy groups -OCH3 is 1. The minimum Gasteiger partial charge on any atom is -0.497 e. The van der Waals surface area contributed by atoms with Gasteiger partial charge in [-0.15, -0.1) is 0 Å². The highest BCUT2D eigenvalue weighted by molar-refractivity contribution is 7.80. The molecule has 0 aliphatic carbocycles. The summed E-state index contributed by atoms with van der Waals surface area (Å²) in [5.41, 5.74) is 7.61. The van der Waals surface area contributed by atoms with Crippen molar-refractivity contribution < 1.29 is 42.6 Å². The fraction of sp³-hybridized carbons (Fsp3) is 0.367. The van der Waals surface area contributed by atoms with E-state index in [1.54, 1.807) is 28.8 Å². The van der Waals surface area contributed by atoms with E-state index in [0.717, 1.165) is 22.3 Å². The Morgan fingerprint density at radius 1 is 1.02 bits per heavy atom. The molecule has 0 radical (unpaired) electrons. The molecule has 6 atom stereocenters. The zero-order valence-corrected chi connectivity index (χ0v) is 26.2. The van der Waals surface area contributed by atoms with Crippen molar-refractivity contribution in [3.8, 4) is 5.75 Å². The predicted octanol–water partition coefficient (Wildman–Crippen LogP) is 3.39. The van der Waals surface area contributed by atoms with Crippen molar-refractivity contribution in [2.45, 2.75) is 56.5 Å². The normalized spacial score (nSPS) is 22.9. The molecular formula is C30H37BNO9PS. The number of nitrogens with two attached hydrogens (primary N) is 1. The number of hydrogen-bond acceptors (Lipinski definition) is 9. The molecule has 4 rings (SSSR count). The minimum atomic E-state index is -4.54. The van der Waals surface area contributed by atoms with Gasteiger partial charge in [0, 0.05) is 0 Å². The van der Waals surface area contributed by atoms with Crippen molar-refractivity contribution >= 4 is 33.1 Å². The first-order chi connectivity index (χ1) is 20.5. The number of ether oxygens (including phenoxy) is 4. The van der Waals surface area contributed by atoms with Gasteiger partial charge in [0.05, 0.1) is 32.4 Å². The molecule has 3 aromatic rings. The molecule has 0 spiro atoms. The Hall–Kier alpha value is -2.80. The Bertz CT molecular complexity index is 1350. The minimum absolute atomic E-state index is 0.101. The topological polar surface area (TPSA) is 139 Å². The van der Waals surface area contributed by atoms with E-state index in [1.165, 1.54) is 0 Å². The summed E-state index contributed by atoms with van der Waals surface area (Å²) in [5.74, 6) is 0.671. The molecule has 1 heterocycles. The molecule has 4 N–H and O–H groups in total. The van der Waals surface area contributed by atoms with E-state index < -0.39 is 43.8 Å². The molecule has 1 fully saturated rings. The molecule has 3 aromatic carbocycles. The van der Waals surface area contributed by atoms with Crippen LogP contribution < -0.4 is 10.5 Å². The zero-order chi connectivity index (χ0) is 31.2. The van der Waals surface area contributed by atoms with Gasteiger partial charge in [0.25, 0.3) is 5.17 Å². The summed E-state index contributed by atoms with van der Waals surface area (Å²) >= 11 is 4.97. The number of phosphoric acid groups is 1. The van der Waals surface area contributed by atoms with Crippen molar-refractivity contribution in [1.29, 1.82) is 0 Å². The van der Waals surface area contributed by atoms with E-state index in [-0.39, 0.29) is 18.4 Å². The molecule has 43 heavy (non-hydrogen) atoms. The van der Waals surface area contributed by atoms with E-state index >= 15 is 0 Å². The van der Waals surface area contributed by atoms with Gasteiger partial charge in [0.2, 0.25) is 0 Å². The SMILES string of the molecule is B[C@@H]1O[C@H](COC(c2ccccc2)(c2ccc(CO)cc2)c2ccc(OC)cc2)C(OP(=O)(O)OC(C)C)[C@@H]1OC(N)=S. The first-order valence-corrected chi connectivity index (χ1v) is 15.7. The highest BCUT2D eigenvalue weighted by Crippen LogP contribution is 2.49. The summed E-state index contributed by atoms with van der Waals surface area (Å²) in [6.07, 6.45) is -3.49. The maximum absolute atomic E-state index is 12.9. The largest absolute Gasteiger partial charge is 0.497 e. The molecule has 1 aliphatic heterocycles. The molecular weight excluding hydrogens is 592 g/mol. The van der Waals surface area contributed by atoms with Gasteiger partial charge in [-0.25, -0.2) is 4.57 Å². The highest BCUT2D eigenvalue weighted by atomic mass is 32.1. The van der Waals surface area contributed by atoms with Gasteiger partial charge in [0.1, 0.15) is 37.5 Å². The van der Waals surface area contributed by atoms with Crippen LogP contribution in [-0.2, 0) is 40.0 Å². The van der Waals surface area contributed by atoms with Crippen molar-refractivity contribution in [2.24, 2.45) is 5.73 Å².